The maximum atomic E-state index is 9.38. The summed E-state index contributed by atoms with van der Waals surface area (Å²) >= 11 is 4.68. The van der Waals surface area contributed by atoms with E-state index in [0.717, 1.165) is 3.92 Å². The molecule has 3 nitrogen and oxygen atoms in total. The summed E-state index contributed by atoms with van der Waals surface area (Å²) in [6.07, 6.45) is 0.0541. The van der Waals surface area contributed by atoms with Crippen LogP contribution in [0.3, 0.4) is 0 Å². The largest absolute Gasteiger partial charge is 0.387 e. The summed E-state index contributed by atoms with van der Waals surface area (Å²) < 4.78 is 0.795. The monoisotopic (exact) mass is 236 g/mol. The van der Waals surface area contributed by atoms with E-state index in [1.165, 1.54) is 11.3 Å². The summed E-state index contributed by atoms with van der Waals surface area (Å²) in [4.78, 5) is 4.06. The van der Waals surface area contributed by atoms with Gasteiger partial charge in [-0.2, -0.15) is 0 Å². The van der Waals surface area contributed by atoms with Crippen LogP contribution in [0.25, 0.3) is 0 Å². The highest BCUT2D eigenvalue weighted by Crippen LogP contribution is 2.22. The number of aliphatic hydroxyl groups excluding tert-OH is 1. The summed E-state index contributed by atoms with van der Waals surface area (Å²) in [6.45, 7) is 0.482. The van der Waals surface area contributed by atoms with Crippen molar-refractivity contribution in [3.63, 3.8) is 0 Å². The number of aliphatic hydroxyl groups is 1. The molecule has 0 aliphatic rings. The first-order valence-electron chi connectivity index (χ1n) is 3.23. The Hall–Kier alpha value is 0.0300. The fourth-order valence-electron chi connectivity index (χ4n) is 0.722. The second kappa shape index (κ2) is 4.15. The molecular formula is C6H9BrN2OS. The van der Waals surface area contributed by atoms with Crippen LogP contribution >= 0.6 is 27.3 Å². The third kappa shape index (κ3) is 2.52. The molecule has 3 N–H and O–H groups in total. The van der Waals surface area contributed by atoms with Crippen LogP contribution < -0.4 is 5.73 Å². The Morgan fingerprint density at radius 3 is 3.00 bits per heavy atom. The third-order valence-corrected chi connectivity index (χ3v) is 2.66. The molecule has 0 amide bonds. The van der Waals surface area contributed by atoms with Gasteiger partial charge in [-0.05, 0) is 28.9 Å². The van der Waals surface area contributed by atoms with Gasteiger partial charge in [0.15, 0.2) is 3.92 Å². The van der Waals surface area contributed by atoms with Gasteiger partial charge < -0.3 is 10.8 Å². The second-order valence-electron chi connectivity index (χ2n) is 2.12. The summed E-state index contributed by atoms with van der Waals surface area (Å²) in [6, 6.07) is 0. The number of nitrogens with zero attached hydrogens (tertiary/aromatic N) is 1. The Kier molecular flexibility index (Phi) is 3.45. The molecule has 0 radical (unpaired) electrons. The summed E-state index contributed by atoms with van der Waals surface area (Å²) in [5, 5.41) is 11.2. The van der Waals surface area contributed by atoms with Crippen LogP contribution in [0, 0.1) is 0 Å². The molecule has 0 aromatic carbocycles. The standard InChI is InChI=1S/C6H9BrN2OS/c7-6-9-4(3-11-6)5(10)1-2-8/h3,5,10H,1-2,8H2/t5-/m0/s1. The zero-order valence-electron chi connectivity index (χ0n) is 5.83. The minimum Gasteiger partial charge on any atom is -0.387 e. The number of rotatable bonds is 3. The summed E-state index contributed by atoms with van der Waals surface area (Å²) in [7, 11) is 0. The molecular weight excluding hydrogens is 228 g/mol. The van der Waals surface area contributed by atoms with Crippen LogP contribution in [0.2, 0.25) is 0 Å². The van der Waals surface area contributed by atoms with Gasteiger partial charge in [-0.3, -0.25) is 0 Å². The van der Waals surface area contributed by atoms with E-state index < -0.39 is 6.10 Å². The molecule has 0 saturated carbocycles. The molecule has 1 heterocycles. The van der Waals surface area contributed by atoms with Gasteiger partial charge in [0.1, 0.15) is 0 Å². The van der Waals surface area contributed by atoms with Crippen LogP contribution in [-0.2, 0) is 0 Å². The molecule has 0 unspecified atom stereocenters. The molecule has 0 spiro atoms. The van der Waals surface area contributed by atoms with Gasteiger partial charge in [0.2, 0.25) is 0 Å². The van der Waals surface area contributed by atoms with Crippen molar-refractivity contribution in [3.8, 4) is 0 Å². The van der Waals surface area contributed by atoms with Gasteiger partial charge in [0.25, 0.3) is 0 Å². The third-order valence-electron chi connectivity index (χ3n) is 1.28. The minimum absolute atomic E-state index is 0.482. The number of hydrogen-bond donors (Lipinski definition) is 2. The summed E-state index contributed by atoms with van der Waals surface area (Å²) in [5.41, 5.74) is 5.98. The lowest BCUT2D eigenvalue weighted by Gasteiger charge is -2.03. The second-order valence-corrected chi connectivity index (χ2v) is 4.25. The van der Waals surface area contributed by atoms with Gasteiger partial charge in [0, 0.05) is 5.38 Å². The Balaban J connectivity index is 2.60. The normalized spacial score (nSPS) is 13.4. The van der Waals surface area contributed by atoms with E-state index in [1.807, 2.05) is 5.38 Å². The molecule has 0 bridgehead atoms. The summed E-state index contributed by atoms with van der Waals surface area (Å²) in [5.74, 6) is 0. The van der Waals surface area contributed by atoms with Crippen LogP contribution in [0.5, 0.6) is 0 Å². The topological polar surface area (TPSA) is 59.1 Å². The van der Waals surface area contributed by atoms with Crippen LogP contribution in [-0.4, -0.2) is 16.6 Å². The zero-order chi connectivity index (χ0) is 8.27. The smallest absolute Gasteiger partial charge is 0.159 e. The first-order chi connectivity index (χ1) is 5.24. The van der Waals surface area contributed by atoms with Crippen LogP contribution in [0.4, 0.5) is 0 Å². The predicted molar refractivity (Wildman–Crippen MR) is 48.4 cm³/mol. The average molecular weight is 237 g/mol. The molecule has 0 aliphatic carbocycles. The van der Waals surface area contributed by atoms with Gasteiger partial charge >= 0.3 is 0 Å². The molecule has 0 aliphatic heterocycles. The Morgan fingerprint density at radius 1 is 1.82 bits per heavy atom. The van der Waals surface area contributed by atoms with Crippen molar-refractivity contribution >= 4 is 27.3 Å². The molecule has 0 fully saturated rings. The van der Waals surface area contributed by atoms with Crippen molar-refractivity contribution in [1.29, 1.82) is 0 Å². The molecule has 1 atom stereocenters. The molecule has 62 valence electrons. The van der Waals surface area contributed by atoms with Crippen LogP contribution in [0.1, 0.15) is 18.2 Å². The van der Waals surface area contributed by atoms with Crippen molar-refractivity contribution in [3.05, 3.63) is 15.0 Å². The number of hydrogen-bond acceptors (Lipinski definition) is 4. The number of aromatic nitrogens is 1. The maximum Gasteiger partial charge on any atom is 0.159 e. The lowest BCUT2D eigenvalue weighted by molar-refractivity contribution is 0.166. The molecule has 1 aromatic rings. The quantitative estimate of drug-likeness (QED) is 0.832. The highest BCUT2D eigenvalue weighted by atomic mass is 79.9. The van der Waals surface area contributed by atoms with E-state index in [4.69, 9.17) is 5.73 Å². The van der Waals surface area contributed by atoms with E-state index in [1.54, 1.807) is 0 Å². The highest BCUT2D eigenvalue weighted by molar-refractivity contribution is 9.11. The van der Waals surface area contributed by atoms with E-state index in [2.05, 4.69) is 20.9 Å². The van der Waals surface area contributed by atoms with E-state index in [-0.39, 0.29) is 0 Å². The highest BCUT2D eigenvalue weighted by Gasteiger charge is 2.09. The molecule has 1 aromatic heterocycles. The number of nitrogens with two attached hydrogens (primary N) is 1. The SMILES string of the molecule is NCC[C@H](O)c1csc(Br)n1. The predicted octanol–water partition coefficient (Wildman–Crippen LogP) is 1.29. The number of halogens is 1. The first kappa shape index (κ1) is 9.12. The fourth-order valence-corrected chi connectivity index (χ4v) is 1.79. The Labute approximate surface area is 77.4 Å². The van der Waals surface area contributed by atoms with E-state index >= 15 is 0 Å². The molecule has 5 heteroatoms. The fraction of sp³-hybridized carbons (Fsp3) is 0.500. The Morgan fingerprint density at radius 2 is 2.55 bits per heavy atom. The van der Waals surface area contributed by atoms with Gasteiger partial charge in [-0.25, -0.2) is 4.98 Å². The van der Waals surface area contributed by atoms with Gasteiger partial charge in [-0.1, -0.05) is 0 Å². The van der Waals surface area contributed by atoms with Crippen molar-refractivity contribution in [2.24, 2.45) is 5.73 Å². The zero-order valence-corrected chi connectivity index (χ0v) is 8.23. The lowest BCUT2D eigenvalue weighted by atomic mass is 10.2. The van der Waals surface area contributed by atoms with Gasteiger partial charge in [0.05, 0.1) is 11.8 Å². The number of thiazole rings is 1. The van der Waals surface area contributed by atoms with Crippen molar-refractivity contribution in [2.75, 3.05) is 6.54 Å². The van der Waals surface area contributed by atoms with Crippen molar-refractivity contribution in [1.82, 2.24) is 4.98 Å². The molecule has 11 heavy (non-hydrogen) atoms. The van der Waals surface area contributed by atoms with Crippen molar-refractivity contribution < 1.29 is 5.11 Å². The lowest BCUT2D eigenvalue weighted by Crippen LogP contribution is -2.06. The van der Waals surface area contributed by atoms with Crippen molar-refractivity contribution in [2.45, 2.75) is 12.5 Å². The molecule has 1 rings (SSSR count). The van der Waals surface area contributed by atoms with E-state index in [0.29, 0.717) is 18.7 Å². The van der Waals surface area contributed by atoms with E-state index in [9.17, 15) is 5.11 Å². The van der Waals surface area contributed by atoms with Gasteiger partial charge in [-0.15, -0.1) is 11.3 Å². The minimum atomic E-state index is -0.512. The van der Waals surface area contributed by atoms with Crippen LogP contribution in [0.15, 0.2) is 9.30 Å². The maximum absolute atomic E-state index is 9.38. The molecule has 0 saturated heterocycles. The Bertz CT molecular complexity index is 228. The first-order valence-corrected chi connectivity index (χ1v) is 4.90. The average Bonchev–Trinajstić information content (AvgIpc) is 2.36.